The third kappa shape index (κ3) is 0.899. The molecule has 2 N–H and O–H groups in total. The summed E-state index contributed by atoms with van der Waals surface area (Å²) in [5, 5.41) is 18.0. The van der Waals surface area contributed by atoms with Crippen molar-refractivity contribution in [1.82, 2.24) is 4.90 Å². The molecular weight excluding hydrogens is 162 g/mol. The van der Waals surface area contributed by atoms with E-state index in [1.165, 1.54) is 4.90 Å². The molecule has 1 spiro atoms. The van der Waals surface area contributed by atoms with Crippen molar-refractivity contribution in [2.24, 2.45) is 5.41 Å². The summed E-state index contributed by atoms with van der Waals surface area (Å²) in [5.41, 5.74) is -0.293. The molecule has 5 heteroatoms. The number of rotatable bonds is 0. The third-order valence-corrected chi connectivity index (χ3v) is 2.65. The summed E-state index contributed by atoms with van der Waals surface area (Å²) >= 11 is 0. The molecule has 12 heavy (non-hydrogen) atoms. The van der Waals surface area contributed by atoms with Crippen LogP contribution in [0.3, 0.4) is 0 Å². The average molecular weight is 173 g/mol. The number of nitrogens with zero attached hydrogens (tertiary/aromatic N) is 1. The lowest BCUT2D eigenvalue weighted by atomic mass is 9.77. The Kier molecular flexibility index (Phi) is 1.52. The average Bonchev–Trinajstić information content (AvgIpc) is 2.26. The largest absolute Gasteiger partial charge is 0.465 e. The molecule has 2 rings (SSSR count). The predicted molar refractivity (Wildman–Crippen MR) is 38.9 cm³/mol. The zero-order valence-corrected chi connectivity index (χ0v) is 6.56. The molecule has 1 unspecified atom stereocenters. The Labute approximate surface area is 69.5 Å². The van der Waals surface area contributed by atoms with Gasteiger partial charge in [0.2, 0.25) is 0 Å². The molecule has 68 valence electrons. The second-order valence-corrected chi connectivity index (χ2v) is 3.53. The van der Waals surface area contributed by atoms with Crippen molar-refractivity contribution in [1.29, 1.82) is 0 Å². The van der Waals surface area contributed by atoms with Crippen LogP contribution in [0, 0.1) is 5.41 Å². The fraction of sp³-hybridized carbons (Fsp3) is 0.857. The van der Waals surface area contributed by atoms with Crippen LogP contribution in [0.5, 0.6) is 0 Å². The van der Waals surface area contributed by atoms with E-state index in [9.17, 15) is 9.90 Å². The number of ether oxygens (including phenoxy) is 1. The fourth-order valence-electron chi connectivity index (χ4n) is 1.80. The van der Waals surface area contributed by atoms with Crippen LogP contribution >= 0.6 is 0 Å². The number of hydrogen-bond acceptors (Lipinski definition) is 3. The first-order valence-corrected chi connectivity index (χ1v) is 3.88. The highest BCUT2D eigenvalue weighted by Crippen LogP contribution is 2.38. The van der Waals surface area contributed by atoms with Crippen molar-refractivity contribution in [3.8, 4) is 0 Å². The number of aliphatic hydroxyl groups excluding tert-OH is 1. The Morgan fingerprint density at radius 1 is 1.58 bits per heavy atom. The molecule has 0 bridgehead atoms. The summed E-state index contributed by atoms with van der Waals surface area (Å²) in [6, 6.07) is 0. The van der Waals surface area contributed by atoms with Crippen LogP contribution in [-0.4, -0.2) is 53.6 Å². The van der Waals surface area contributed by atoms with Gasteiger partial charge in [0.05, 0.1) is 24.7 Å². The monoisotopic (exact) mass is 173 g/mol. The first-order chi connectivity index (χ1) is 5.64. The van der Waals surface area contributed by atoms with E-state index in [4.69, 9.17) is 9.84 Å². The van der Waals surface area contributed by atoms with Gasteiger partial charge in [-0.25, -0.2) is 4.79 Å². The van der Waals surface area contributed by atoms with Crippen LogP contribution in [0.25, 0.3) is 0 Å². The van der Waals surface area contributed by atoms with Crippen LogP contribution in [0.15, 0.2) is 0 Å². The van der Waals surface area contributed by atoms with Crippen molar-refractivity contribution in [3.63, 3.8) is 0 Å². The number of aliphatic hydroxyl groups is 1. The Hall–Kier alpha value is -0.810. The van der Waals surface area contributed by atoms with Gasteiger partial charge in [-0.1, -0.05) is 0 Å². The molecule has 1 atom stereocenters. The molecule has 0 aromatic rings. The SMILES string of the molecule is O=C(O)N1CC2(COCC2O)C1. The molecule has 1 amide bonds. The topological polar surface area (TPSA) is 70.0 Å². The Bertz CT molecular complexity index is 211. The van der Waals surface area contributed by atoms with Crippen molar-refractivity contribution in [2.45, 2.75) is 6.10 Å². The second kappa shape index (κ2) is 2.34. The maximum absolute atomic E-state index is 10.4. The van der Waals surface area contributed by atoms with Gasteiger partial charge in [-0.05, 0) is 0 Å². The van der Waals surface area contributed by atoms with Gasteiger partial charge in [0, 0.05) is 13.1 Å². The molecule has 0 radical (unpaired) electrons. The van der Waals surface area contributed by atoms with Gasteiger partial charge < -0.3 is 19.8 Å². The predicted octanol–water partition coefficient (Wildman–Crippen LogP) is -0.642. The van der Waals surface area contributed by atoms with E-state index < -0.39 is 12.2 Å². The van der Waals surface area contributed by atoms with Gasteiger partial charge in [-0.15, -0.1) is 0 Å². The molecule has 2 heterocycles. The number of carbonyl (C=O) groups is 1. The van der Waals surface area contributed by atoms with Crippen molar-refractivity contribution < 1.29 is 19.7 Å². The third-order valence-electron chi connectivity index (χ3n) is 2.65. The zero-order chi connectivity index (χ0) is 8.77. The normalized spacial score (nSPS) is 32.1. The van der Waals surface area contributed by atoms with E-state index in [1.807, 2.05) is 0 Å². The maximum Gasteiger partial charge on any atom is 0.407 e. The number of likely N-dealkylation sites (tertiary alicyclic amines) is 1. The van der Waals surface area contributed by atoms with Crippen LogP contribution in [0.2, 0.25) is 0 Å². The molecule has 0 aromatic carbocycles. The highest BCUT2D eigenvalue weighted by molar-refractivity contribution is 5.66. The highest BCUT2D eigenvalue weighted by Gasteiger charge is 2.53. The van der Waals surface area contributed by atoms with Gasteiger partial charge in [-0.3, -0.25) is 0 Å². The first-order valence-electron chi connectivity index (χ1n) is 3.88. The molecule has 0 saturated carbocycles. The Morgan fingerprint density at radius 2 is 2.25 bits per heavy atom. The Balaban J connectivity index is 1.97. The molecule has 5 nitrogen and oxygen atoms in total. The lowest BCUT2D eigenvalue weighted by molar-refractivity contribution is -0.0512. The van der Waals surface area contributed by atoms with Gasteiger partial charge in [0.25, 0.3) is 0 Å². The van der Waals surface area contributed by atoms with Gasteiger partial charge in [-0.2, -0.15) is 0 Å². The van der Waals surface area contributed by atoms with E-state index in [0.29, 0.717) is 26.3 Å². The highest BCUT2D eigenvalue weighted by atomic mass is 16.5. The lowest BCUT2D eigenvalue weighted by Crippen LogP contribution is -2.63. The van der Waals surface area contributed by atoms with Crippen molar-refractivity contribution >= 4 is 6.09 Å². The standard InChI is InChI=1S/C7H11NO4/c9-5-1-12-4-7(5)2-8(3-7)6(10)11/h5,9H,1-4H2,(H,10,11). The summed E-state index contributed by atoms with van der Waals surface area (Å²) in [5.74, 6) is 0. The number of carboxylic acid groups (broad SMARTS) is 1. The minimum atomic E-state index is -0.917. The van der Waals surface area contributed by atoms with Crippen LogP contribution in [0.1, 0.15) is 0 Å². The first kappa shape index (κ1) is 7.82. The van der Waals surface area contributed by atoms with Gasteiger partial charge >= 0.3 is 6.09 Å². The summed E-state index contributed by atoms with van der Waals surface area (Å²) in [6.45, 7) is 1.64. The molecule has 2 aliphatic heterocycles. The lowest BCUT2D eigenvalue weighted by Gasteiger charge is -2.47. The Morgan fingerprint density at radius 3 is 2.67 bits per heavy atom. The summed E-state index contributed by atoms with van der Waals surface area (Å²) in [4.78, 5) is 11.7. The summed E-state index contributed by atoms with van der Waals surface area (Å²) < 4.78 is 5.07. The van der Waals surface area contributed by atoms with Gasteiger partial charge in [0.15, 0.2) is 0 Å². The van der Waals surface area contributed by atoms with Crippen molar-refractivity contribution in [3.05, 3.63) is 0 Å². The molecular formula is C7H11NO4. The molecule has 2 saturated heterocycles. The second-order valence-electron chi connectivity index (χ2n) is 3.53. The summed E-state index contributed by atoms with van der Waals surface area (Å²) in [6.07, 6.45) is -1.41. The molecule has 0 aliphatic carbocycles. The van der Waals surface area contributed by atoms with Crippen LogP contribution < -0.4 is 0 Å². The molecule has 2 aliphatic rings. The minimum Gasteiger partial charge on any atom is -0.465 e. The zero-order valence-electron chi connectivity index (χ0n) is 6.56. The minimum absolute atomic E-state index is 0.293. The fourth-order valence-corrected chi connectivity index (χ4v) is 1.80. The number of hydrogen-bond donors (Lipinski definition) is 2. The number of amides is 1. The van der Waals surface area contributed by atoms with E-state index in [-0.39, 0.29) is 5.41 Å². The quantitative estimate of drug-likeness (QED) is 0.511. The van der Waals surface area contributed by atoms with E-state index in [1.54, 1.807) is 0 Å². The van der Waals surface area contributed by atoms with E-state index in [2.05, 4.69) is 0 Å². The van der Waals surface area contributed by atoms with Crippen LogP contribution in [0.4, 0.5) is 4.79 Å². The van der Waals surface area contributed by atoms with Crippen molar-refractivity contribution in [2.75, 3.05) is 26.3 Å². The maximum atomic E-state index is 10.4. The van der Waals surface area contributed by atoms with E-state index >= 15 is 0 Å². The van der Waals surface area contributed by atoms with Crippen LogP contribution in [-0.2, 0) is 4.74 Å². The van der Waals surface area contributed by atoms with Gasteiger partial charge in [0.1, 0.15) is 0 Å². The smallest absolute Gasteiger partial charge is 0.407 e. The van der Waals surface area contributed by atoms with E-state index in [0.717, 1.165) is 0 Å². The summed E-state index contributed by atoms with van der Waals surface area (Å²) in [7, 11) is 0. The molecule has 0 aromatic heterocycles. The molecule has 2 fully saturated rings.